The van der Waals surface area contributed by atoms with Crippen LogP contribution in [-0.2, 0) is 4.74 Å². The fourth-order valence-corrected chi connectivity index (χ4v) is 2.68. The number of nitrogens with one attached hydrogen (secondary N) is 1. The third-order valence-corrected chi connectivity index (χ3v) is 3.64. The number of carbonyl (C=O) groups excluding carboxylic acids is 1. The molecule has 0 spiro atoms. The molecule has 5 heteroatoms. The Bertz CT molecular complexity index is 405. The summed E-state index contributed by atoms with van der Waals surface area (Å²) in [4.78, 5) is 13.1. The molecular formula is C15H23N3O2. The van der Waals surface area contributed by atoms with Gasteiger partial charge in [-0.15, -0.1) is 0 Å². The van der Waals surface area contributed by atoms with E-state index in [1.165, 1.54) is 5.56 Å². The van der Waals surface area contributed by atoms with Gasteiger partial charge in [-0.2, -0.15) is 0 Å². The van der Waals surface area contributed by atoms with Gasteiger partial charge in [0.05, 0.1) is 6.61 Å². The van der Waals surface area contributed by atoms with Crippen molar-refractivity contribution in [2.45, 2.75) is 18.9 Å². The zero-order valence-corrected chi connectivity index (χ0v) is 11.8. The molecule has 3 N–H and O–H groups in total. The quantitative estimate of drug-likeness (QED) is 0.773. The summed E-state index contributed by atoms with van der Waals surface area (Å²) in [6.07, 6.45) is 1.10. The lowest BCUT2D eigenvalue weighted by Gasteiger charge is -2.35. The smallest absolute Gasteiger partial charge is 0.404 e. The highest BCUT2D eigenvalue weighted by atomic mass is 16.5. The summed E-state index contributed by atoms with van der Waals surface area (Å²) in [5, 5.41) is 3.38. The van der Waals surface area contributed by atoms with Crippen molar-refractivity contribution in [3.05, 3.63) is 35.9 Å². The standard InChI is InChI=1S/C15H23N3O2/c16-15(19)20-12-4-7-14(13-5-2-1-3-6-13)18-10-8-17-9-11-18/h1-3,5-6,14,17H,4,7-12H2,(H2,16,19). The molecule has 1 aliphatic heterocycles. The molecule has 1 atom stereocenters. The largest absolute Gasteiger partial charge is 0.450 e. The summed E-state index contributed by atoms with van der Waals surface area (Å²) in [5.74, 6) is 0. The molecule has 1 saturated heterocycles. The van der Waals surface area contributed by atoms with Gasteiger partial charge in [-0.25, -0.2) is 4.79 Å². The van der Waals surface area contributed by atoms with Gasteiger partial charge in [-0.05, 0) is 18.4 Å². The Balaban J connectivity index is 1.94. The molecule has 20 heavy (non-hydrogen) atoms. The van der Waals surface area contributed by atoms with Crippen molar-refractivity contribution < 1.29 is 9.53 Å². The molecule has 1 aliphatic rings. The summed E-state index contributed by atoms with van der Waals surface area (Å²) in [6.45, 7) is 4.56. The first kappa shape index (κ1) is 14.8. The summed E-state index contributed by atoms with van der Waals surface area (Å²) in [6, 6.07) is 10.9. The van der Waals surface area contributed by atoms with Crippen molar-refractivity contribution in [2.75, 3.05) is 32.8 Å². The van der Waals surface area contributed by atoms with E-state index in [2.05, 4.69) is 34.5 Å². The lowest BCUT2D eigenvalue weighted by molar-refractivity contribution is 0.135. The minimum atomic E-state index is -0.691. The maximum absolute atomic E-state index is 10.6. The third-order valence-electron chi connectivity index (χ3n) is 3.64. The Kier molecular flexibility index (Phi) is 5.83. The Hall–Kier alpha value is -1.59. The van der Waals surface area contributed by atoms with E-state index in [-0.39, 0.29) is 0 Å². The number of hydrogen-bond donors (Lipinski definition) is 2. The van der Waals surface area contributed by atoms with Crippen LogP contribution in [0.5, 0.6) is 0 Å². The van der Waals surface area contributed by atoms with Crippen molar-refractivity contribution in [1.29, 1.82) is 0 Å². The molecule has 0 aromatic heterocycles. The molecule has 1 unspecified atom stereocenters. The number of benzene rings is 1. The number of rotatable bonds is 6. The molecule has 0 saturated carbocycles. The fraction of sp³-hybridized carbons (Fsp3) is 0.533. The third kappa shape index (κ3) is 4.51. The van der Waals surface area contributed by atoms with Crippen molar-refractivity contribution in [3.8, 4) is 0 Å². The Morgan fingerprint density at radius 2 is 2.00 bits per heavy atom. The monoisotopic (exact) mass is 277 g/mol. The molecule has 1 aromatic carbocycles. The van der Waals surface area contributed by atoms with Gasteiger partial charge < -0.3 is 15.8 Å². The fourth-order valence-electron chi connectivity index (χ4n) is 2.68. The normalized spacial score (nSPS) is 17.6. The predicted molar refractivity (Wildman–Crippen MR) is 78.4 cm³/mol. The van der Waals surface area contributed by atoms with Crippen LogP contribution in [0.25, 0.3) is 0 Å². The van der Waals surface area contributed by atoms with E-state index >= 15 is 0 Å². The van der Waals surface area contributed by atoms with Crippen molar-refractivity contribution in [1.82, 2.24) is 10.2 Å². The van der Waals surface area contributed by atoms with Crippen LogP contribution in [0.3, 0.4) is 0 Å². The van der Waals surface area contributed by atoms with Crippen LogP contribution in [0, 0.1) is 0 Å². The number of amides is 1. The molecule has 1 amide bonds. The van der Waals surface area contributed by atoms with E-state index in [0.29, 0.717) is 12.6 Å². The Morgan fingerprint density at radius 1 is 1.30 bits per heavy atom. The Morgan fingerprint density at radius 3 is 2.65 bits per heavy atom. The number of ether oxygens (including phenoxy) is 1. The molecule has 1 heterocycles. The lowest BCUT2D eigenvalue weighted by atomic mass is 10.00. The number of piperazine rings is 1. The highest BCUT2D eigenvalue weighted by molar-refractivity contribution is 5.64. The van der Waals surface area contributed by atoms with E-state index in [4.69, 9.17) is 10.5 Å². The molecule has 1 fully saturated rings. The van der Waals surface area contributed by atoms with Gasteiger partial charge in [0.25, 0.3) is 0 Å². The highest BCUT2D eigenvalue weighted by Gasteiger charge is 2.21. The molecule has 1 aromatic rings. The first-order chi connectivity index (χ1) is 9.77. The van der Waals surface area contributed by atoms with E-state index in [1.54, 1.807) is 0 Å². The van der Waals surface area contributed by atoms with Crippen LogP contribution in [0.1, 0.15) is 24.4 Å². The summed E-state index contributed by atoms with van der Waals surface area (Å²) in [7, 11) is 0. The van der Waals surface area contributed by atoms with Crippen LogP contribution < -0.4 is 11.1 Å². The SMILES string of the molecule is NC(=O)OCCCC(c1ccccc1)N1CCNCC1. The van der Waals surface area contributed by atoms with Crippen molar-refractivity contribution in [3.63, 3.8) is 0 Å². The van der Waals surface area contributed by atoms with Gasteiger partial charge in [0.1, 0.15) is 0 Å². The van der Waals surface area contributed by atoms with Gasteiger partial charge in [0.15, 0.2) is 0 Å². The zero-order chi connectivity index (χ0) is 14.2. The molecule has 0 radical (unpaired) electrons. The zero-order valence-electron chi connectivity index (χ0n) is 11.8. The van der Waals surface area contributed by atoms with Gasteiger partial charge >= 0.3 is 6.09 Å². The molecule has 0 bridgehead atoms. The van der Waals surface area contributed by atoms with Gasteiger partial charge in [-0.3, -0.25) is 4.90 Å². The second-order valence-corrected chi connectivity index (χ2v) is 5.02. The Labute approximate surface area is 120 Å². The molecule has 5 nitrogen and oxygen atoms in total. The van der Waals surface area contributed by atoms with Crippen LogP contribution in [-0.4, -0.2) is 43.8 Å². The molecule has 0 aliphatic carbocycles. The van der Waals surface area contributed by atoms with Gasteiger partial charge in [0.2, 0.25) is 0 Å². The second-order valence-electron chi connectivity index (χ2n) is 5.02. The van der Waals surface area contributed by atoms with Gasteiger partial charge in [0, 0.05) is 32.2 Å². The maximum Gasteiger partial charge on any atom is 0.404 e. The van der Waals surface area contributed by atoms with Crippen molar-refractivity contribution >= 4 is 6.09 Å². The minimum absolute atomic E-state index is 0.384. The second kappa shape index (κ2) is 7.87. The van der Waals surface area contributed by atoms with Crippen LogP contribution in [0.15, 0.2) is 30.3 Å². The minimum Gasteiger partial charge on any atom is -0.450 e. The van der Waals surface area contributed by atoms with E-state index < -0.39 is 6.09 Å². The number of nitrogens with two attached hydrogens (primary N) is 1. The maximum atomic E-state index is 10.6. The van der Waals surface area contributed by atoms with Crippen LogP contribution in [0.2, 0.25) is 0 Å². The van der Waals surface area contributed by atoms with Crippen molar-refractivity contribution in [2.24, 2.45) is 5.73 Å². The summed E-state index contributed by atoms with van der Waals surface area (Å²) < 4.78 is 4.82. The average Bonchev–Trinajstić information content (AvgIpc) is 2.49. The number of carbonyl (C=O) groups is 1. The predicted octanol–water partition coefficient (Wildman–Crippen LogP) is 1.51. The lowest BCUT2D eigenvalue weighted by Crippen LogP contribution is -2.45. The van der Waals surface area contributed by atoms with E-state index in [0.717, 1.165) is 39.0 Å². The summed E-state index contributed by atoms with van der Waals surface area (Å²) in [5.41, 5.74) is 6.31. The number of primary amides is 1. The highest BCUT2D eigenvalue weighted by Crippen LogP contribution is 2.25. The summed E-state index contributed by atoms with van der Waals surface area (Å²) >= 11 is 0. The van der Waals surface area contributed by atoms with Crippen LogP contribution in [0.4, 0.5) is 4.79 Å². The van der Waals surface area contributed by atoms with Crippen LogP contribution >= 0.6 is 0 Å². The average molecular weight is 277 g/mol. The molecule has 2 rings (SSSR count). The number of nitrogens with zero attached hydrogens (tertiary/aromatic N) is 1. The first-order valence-corrected chi connectivity index (χ1v) is 7.19. The van der Waals surface area contributed by atoms with E-state index in [1.807, 2.05) is 6.07 Å². The molecule has 110 valence electrons. The molecular weight excluding hydrogens is 254 g/mol. The van der Waals surface area contributed by atoms with E-state index in [9.17, 15) is 4.79 Å². The first-order valence-electron chi connectivity index (χ1n) is 7.19. The topological polar surface area (TPSA) is 67.6 Å². The van der Waals surface area contributed by atoms with Gasteiger partial charge in [-0.1, -0.05) is 30.3 Å². The number of hydrogen-bond acceptors (Lipinski definition) is 4.